The van der Waals surface area contributed by atoms with E-state index in [1.54, 1.807) is 4.90 Å². The number of hydrogen-bond acceptors (Lipinski definition) is 5. The Kier molecular flexibility index (Phi) is 7.49. The Labute approximate surface area is 165 Å². The van der Waals surface area contributed by atoms with Crippen LogP contribution in [-0.4, -0.2) is 59.0 Å². The van der Waals surface area contributed by atoms with Crippen molar-refractivity contribution < 1.29 is 14.3 Å². The highest BCUT2D eigenvalue weighted by Gasteiger charge is 2.24. The average molecular weight is 382 g/mol. The van der Waals surface area contributed by atoms with Gasteiger partial charge >= 0.3 is 0 Å². The summed E-state index contributed by atoms with van der Waals surface area (Å²) in [7, 11) is 0. The van der Waals surface area contributed by atoms with Gasteiger partial charge in [0.2, 0.25) is 5.91 Å². The summed E-state index contributed by atoms with van der Waals surface area (Å²) < 4.78 is 5.66. The van der Waals surface area contributed by atoms with Crippen LogP contribution >= 0.6 is 0 Å². The van der Waals surface area contributed by atoms with Gasteiger partial charge in [-0.05, 0) is 24.8 Å². The molecule has 28 heavy (non-hydrogen) atoms. The molecule has 1 N–H and O–H groups in total. The number of hydrogen-bond donors (Lipinski definition) is 1. The van der Waals surface area contributed by atoms with Crippen molar-refractivity contribution in [2.75, 3.05) is 26.2 Å². The van der Waals surface area contributed by atoms with Crippen LogP contribution in [0, 0.1) is 0 Å². The van der Waals surface area contributed by atoms with E-state index in [4.69, 9.17) is 4.74 Å². The molecule has 0 unspecified atom stereocenters. The molecule has 3 rings (SSSR count). The summed E-state index contributed by atoms with van der Waals surface area (Å²) in [5.74, 6) is -0.291. The molecule has 1 aliphatic heterocycles. The number of rotatable bonds is 9. The summed E-state index contributed by atoms with van der Waals surface area (Å²) >= 11 is 0. The monoisotopic (exact) mass is 382 g/mol. The van der Waals surface area contributed by atoms with Gasteiger partial charge in [0.05, 0.1) is 12.3 Å². The van der Waals surface area contributed by atoms with Gasteiger partial charge in [-0.3, -0.25) is 14.6 Å². The molecule has 2 amide bonds. The summed E-state index contributed by atoms with van der Waals surface area (Å²) in [5, 5.41) is 2.92. The Morgan fingerprint density at radius 3 is 2.79 bits per heavy atom. The van der Waals surface area contributed by atoms with E-state index >= 15 is 0 Å². The van der Waals surface area contributed by atoms with Crippen molar-refractivity contribution >= 4 is 11.8 Å². The normalized spacial score (nSPS) is 15.9. The van der Waals surface area contributed by atoms with Crippen LogP contribution in [0.3, 0.4) is 0 Å². The van der Waals surface area contributed by atoms with Gasteiger partial charge in [0.1, 0.15) is 5.69 Å². The molecule has 1 saturated heterocycles. The molecule has 0 saturated carbocycles. The molecule has 7 nitrogen and oxygen atoms in total. The first kappa shape index (κ1) is 19.9. The second-order valence-electron chi connectivity index (χ2n) is 6.81. The quantitative estimate of drug-likeness (QED) is 0.715. The van der Waals surface area contributed by atoms with Gasteiger partial charge < -0.3 is 15.0 Å². The fraction of sp³-hybridized carbons (Fsp3) is 0.429. The Bertz CT molecular complexity index is 749. The van der Waals surface area contributed by atoms with Crippen molar-refractivity contribution in [3.8, 4) is 0 Å². The van der Waals surface area contributed by atoms with E-state index in [2.05, 4.69) is 15.3 Å². The summed E-state index contributed by atoms with van der Waals surface area (Å²) in [6.45, 7) is 2.09. The number of nitrogens with one attached hydrogen (secondary N) is 1. The molecule has 0 radical (unpaired) electrons. The van der Waals surface area contributed by atoms with E-state index in [1.165, 1.54) is 24.2 Å². The molecular weight excluding hydrogens is 356 g/mol. The number of carbonyl (C=O) groups is 2. The van der Waals surface area contributed by atoms with Crippen LogP contribution in [-0.2, 0) is 16.0 Å². The minimum absolute atomic E-state index is 0.0155. The average Bonchev–Trinajstić information content (AvgIpc) is 3.25. The first-order chi connectivity index (χ1) is 13.7. The molecule has 7 heteroatoms. The lowest BCUT2D eigenvalue weighted by atomic mass is 10.1. The molecule has 0 aliphatic carbocycles. The van der Waals surface area contributed by atoms with Crippen LogP contribution in [0.1, 0.15) is 35.3 Å². The zero-order valence-electron chi connectivity index (χ0n) is 15.9. The van der Waals surface area contributed by atoms with Crippen molar-refractivity contribution in [2.24, 2.45) is 0 Å². The highest BCUT2D eigenvalue weighted by Crippen LogP contribution is 2.15. The molecule has 2 aromatic rings. The first-order valence-corrected chi connectivity index (χ1v) is 9.70. The highest BCUT2D eigenvalue weighted by molar-refractivity contribution is 5.92. The summed E-state index contributed by atoms with van der Waals surface area (Å²) in [4.78, 5) is 34.7. The first-order valence-electron chi connectivity index (χ1n) is 9.70. The van der Waals surface area contributed by atoms with Gasteiger partial charge in [-0.15, -0.1) is 0 Å². The lowest BCUT2D eigenvalue weighted by Crippen LogP contribution is -2.40. The number of nitrogens with zero attached hydrogens (tertiary/aromatic N) is 3. The van der Waals surface area contributed by atoms with Crippen molar-refractivity contribution in [3.05, 3.63) is 60.2 Å². The van der Waals surface area contributed by atoms with E-state index in [0.717, 1.165) is 25.9 Å². The number of carbonyl (C=O) groups excluding carboxylic acids is 2. The second kappa shape index (κ2) is 10.5. The van der Waals surface area contributed by atoms with E-state index < -0.39 is 0 Å². The summed E-state index contributed by atoms with van der Waals surface area (Å²) in [6, 6.07) is 10.0. The van der Waals surface area contributed by atoms with E-state index in [9.17, 15) is 9.59 Å². The predicted molar refractivity (Wildman–Crippen MR) is 105 cm³/mol. The van der Waals surface area contributed by atoms with Crippen molar-refractivity contribution in [1.29, 1.82) is 0 Å². The van der Waals surface area contributed by atoms with Gasteiger partial charge in [-0.25, -0.2) is 4.98 Å². The number of ether oxygens (including phenoxy) is 1. The fourth-order valence-corrected chi connectivity index (χ4v) is 3.20. The maximum absolute atomic E-state index is 12.8. The Morgan fingerprint density at radius 1 is 1.21 bits per heavy atom. The molecule has 1 aromatic carbocycles. The van der Waals surface area contributed by atoms with Crippen LogP contribution in [0.5, 0.6) is 0 Å². The molecule has 1 aromatic heterocycles. The molecule has 2 heterocycles. The van der Waals surface area contributed by atoms with Gasteiger partial charge in [0.15, 0.2) is 0 Å². The predicted octanol–water partition coefficient (Wildman–Crippen LogP) is 1.85. The smallest absolute Gasteiger partial charge is 0.274 e. The molecule has 0 bridgehead atoms. The van der Waals surface area contributed by atoms with Crippen molar-refractivity contribution in [2.45, 2.75) is 31.8 Å². The topological polar surface area (TPSA) is 84.4 Å². The van der Waals surface area contributed by atoms with E-state index in [1.807, 2.05) is 30.3 Å². The van der Waals surface area contributed by atoms with Crippen molar-refractivity contribution in [3.63, 3.8) is 0 Å². The minimum Gasteiger partial charge on any atom is -0.376 e. The molecule has 1 aliphatic rings. The van der Waals surface area contributed by atoms with Gasteiger partial charge in [-0.2, -0.15) is 0 Å². The number of aromatic nitrogens is 2. The summed E-state index contributed by atoms with van der Waals surface area (Å²) in [6.07, 6.45) is 7.44. The molecule has 1 fully saturated rings. The zero-order chi connectivity index (χ0) is 19.6. The van der Waals surface area contributed by atoms with Crippen LogP contribution in [0.2, 0.25) is 0 Å². The largest absolute Gasteiger partial charge is 0.376 e. The van der Waals surface area contributed by atoms with Crippen LogP contribution in [0.25, 0.3) is 0 Å². The standard InChI is InChI=1S/C21H26N4O3/c26-20(24-10-8-17-5-2-1-3-6-17)9-13-25(16-18-7-4-14-28-18)21(27)19-15-22-11-12-23-19/h1-3,5-6,11-12,15,18H,4,7-10,13-14,16H2,(H,24,26)/t18-/m1/s1. The Hall–Kier alpha value is -2.80. The number of amides is 2. The molecule has 148 valence electrons. The SMILES string of the molecule is O=C(CCN(C[C@H]1CCCO1)C(=O)c1cnccn1)NCCc1ccccc1. The van der Waals surface area contributed by atoms with E-state index in [0.29, 0.717) is 19.6 Å². The Morgan fingerprint density at radius 2 is 2.07 bits per heavy atom. The van der Waals surface area contributed by atoms with Gasteiger partial charge in [0.25, 0.3) is 5.91 Å². The molecule has 1 atom stereocenters. The molecular formula is C21H26N4O3. The van der Waals surface area contributed by atoms with Gasteiger partial charge in [0, 0.05) is 45.1 Å². The van der Waals surface area contributed by atoms with Crippen LogP contribution in [0.4, 0.5) is 0 Å². The van der Waals surface area contributed by atoms with Crippen LogP contribution in [0.15, 0.2) is 48.9 Å². The fourth-order valence-electron chi connectivity index (χ4n) is 3.20. The Balaban J connectivity index is 1.50. The summed E-state index contributed by atoms with van der Waals surface area (Å²) in [5.41, 5.74) is 1.46. The number of benzene rings is 1. The zero-order valence-corrected chi connectivity index (χ0v) is 15.9. The van der Waals surface area contributed by atoms with Gasteiger partial charge in [-0.1, -0.05) is 30.3 Å². The maximum atomic E-state index is 12.8. The maximum Gasteiger partial charge on any atom is 0.274 e. The highest BCUT2D eigenvalue weighted by atomic mass is 16.5. The van der Waals surface area contributed by atoms with Crippen molar-refractivity contribution in [1.82, 2.24) is 20.2 Å². The molecule has 0 spiro atoms. The lowest BCUT2D eigenvalue weighted by molar-refractivity contribution is -0.121. The third-order valence-electron chi connectivity index (χ3n) is 4.70. The van der Waals surface area contributed by atoms with E-state index in [-0.39, 0.29) is 30.0 Å². The third kappa shape index (κ3) is 6.13. The lowest BCUT2D eigenvalue weighted by Gasteiger charge is -2.25. The van der Waals surface area contributed by atoms with Crippen LogP contribution < -0.4 is 5.32 Å². The minimum atomic E-state index is -0.222. The third-order valence-corrected chi connectivity index (χ3v) is 4.70. The second-order valence-corrected chi connectivity index (χ2v) is 6.81.